The van der Waals surface area contributed by atoms with Gasteiger partial charge in [-0.3, -0.25) is 4.79 Å². The van der Waals surface area contributed by atoms with E-state index >= 15 is 0 Å². The van der Waals surface area contributed by atoms with Gasteiger partial charge in [-0.05, 0) is 49.9 Å². The van der Waals surface area contributed by atoms with Crippen LogP contribution in [0.2, 0.25) is 0 Å². The van der Waals surface area contributed by atoms with Crippen LogP contribution in [0.5, 0.6) is 0 Å². The van der Waals surface area contributed by atoms with E-state index in [0.29, 0.717) is 17.3 Å². The molecule has 2 aliphatic rings. The average Bonchev–Trinajstić information content (AvgIpc) is 3.29. The van der Waals surface area contributed by atoms with E-state index < -0.39 is 0 Å². The highest BCUT2D eigenvalue weighted by Crippen LogP contribution is 2.39. The van der Waals surface area contributed by atoms with E-state index in [-0.39, 0.29) is 11.9 Å². The topological polar surface area (TPSA) is 59.2 Å². The second-order valence-electron chi connectivity index (χ2n) is 7.16. The molecule has 1 aliphatic carbocycles. The summed E-state index contributed by atoms with van der Waals surface area (Å²) in [5.41, 5.74) is 3.78. The summed E-state index contributed by atoms with van der Waals surface area (Å²) in [5.74, 6) is 1.78. The molecule has 0 spiro atoms. The molecular formula is C21H19N3O2. The van der Waals surface area contributed by atoms with Crippen molar-refractivity contribution in [2.45, 2.75) is 38.1 Å². The Bertz CT molecular complexity index is 973. The summed E-state index contributed by atoms with van der Waals surface area (Å²) in [7, 11) is 0. The third-order valence-corrected chi connectivity index (χ3v) is 5.18. The molecule has 0 radical (unpaired) electrons. The smallest absolute Gasteiger partial charge is 0.258 e. The van der Waals surface area contributed by atoms with Crippen molar-refractivity contribution in [3.63, 3.8) is 0 Å². The molecule has 3 aromatic rings. The van der Waals surface area contributed by atoms with Crippen LogP contribution in [0.15, 0.2) is 53.1 Å². The summed E-state index contributed by atoms with van der Waals surface area (Å²) < 4.78 is 5.32. The fraction of sp³-hybridized carbons (Fsp3) is 0.286. The van der Waals surface area contributed by atoms with Crippen LogP contribution in [-0.2, 0) is 6.42 Å². The van der Waals surface area contributed by atoms with Gasteiger partial charge in [-0.2, -0.15) is 4.98 Å². The number of anilines is 1. The van der Waals surface area contributed by atoms with Crippen LogP contribution in [0.4, 0.5) is 5.69 Å². The quantitative estimate of drug-likeness (QED) is 0.713. The van der Waals surface area contributed by atoms with Gasteiger partial charge in [0.15, 0.2) is 0 Å². The molecule has 5 heteroatoms. The van der Waals surface area contributed by atoms with Crippen molar-refractivity contribution in [3.05, 3.63) is 65.5 Å². The zero-order valence-electron chi connectivity index (χ0n) is 14.6. The lowest BCUT2D eigenvalue weighted by atomic mass is 10.1. The highest BCUT2D eigenvalue weighted by atomic mass is 16.5. The second-order valence-corrected chi connectivity index (χ2v) is 7.16. The molecule has 26 heavy (non-hydrogen) atoms. The molecule has 0 unspecified atom stereocenters. The number of amides is 1. The number of nitrogens with zero attached hydrogens (tertiary/aromatic N) is 3. The standard InChI is InChI=1S/C21H19N3O2/c1-13-12-17-4-2-3-5-18(17)24(13)21(25)16-10-6-14(7-11-16)19-22-20(26-23-19)15-8-9-15/h2-7,10-11,13,15H,8-9,12H2,1H3/t13-/m0/s1. The van der Waals surface area contributed by atoms with Crippen molar-refractivity contribution >= 4 is 11.6 Å². The number of carbonyl (C=O) groups excluding carboxylic acids is 1. The lowest BCUT2D eigenvalue weighted by Crippen LogP contribution is -2.35. The van der Waals surface area contributed by atoms with Crippen LogP contribution >= 0.6 is 0 Å². The van der Waals surface area contributed by atoms with Gasteiger partial charge in [-0.15, -0.1) is 0 Å². The van der Waals surface area contributed by atoms with E-state index in [9.17, 15) is 4.79 Å². The zero-order chi connectivity index (χ0) is 17.7. The van der Waals surface area contributed by atoms with Crippen LogP contribution in [-0.4, -0.2) is 22.1 Å². The SMILES string of the molecule is C[C@H]1Cc2ccccc2N1C(=O)c1ccc(-c2noc(C3CC3)n2)cc1. The molecule has 0 bridgehead atoms. The average molecular weight is 345 g/mol. The summed E-state index contributed by atoms with van der Waals surface area (Å²) in [6.45, 7) is 2.09. The Morgan fingerprint density at radius 1 is 1.12 bits per heavy atom. The van der Waals surface area contributed by atoms with Crippen LogP contribution in [0.3, 0.4) is 0 Å². The van der Waals surface area contributed by atoms with E-state index in [1.165, 1.54) is 5.56 Å². The minimum atomic E-state index is 0.0285. The monoisotopic (exact) mass is 345 g/mol. The van der Waals surface area contributed by atoms with Gasteiger partial charge in [0.25, 0.3) is 5.91 Å². The predicted molar refractivity (Wildman–Crippen MR) is 98.1 cm³/mol. The first-order valence-electron chi connectivity index (χ1n) is 9.06. The van der Waals surface area contributed by atoms with Gasteiger partial charge in [0, 0.05) is 28.8 Å². The maximum atomic E-state index is 13.0. The number of para-hydroxylation sites is 1. The van der Waals surface area contributed by atoms with E-state index in [1.54, 1.807) is 0 Å². The maximum absolute atomic E-state index is 13.0. The largest absolute Gasteiger partial charge is 0.339 e. The molecule has 1 aromatic heterocycles. The van der Waals surface area contributed by atoms with Crippen molar-refractivity contribution in [1.29, 1.82) is 0 Å². The van der Waals surface area contributed by atoms with Gasteiger partial charge < -0.3 is 9.42 Å². The lowest BCUT2D eigenvalue weighted by molar-refractivity contribution is 0.0981. The fourth-order valence-corrected chi connectivity index (χ4v) is 3.62. The molecule has 1 atom stereocenters. The number of rotatable bonds is 3. The Hall–Kier alpha value is -2.95. The highest BCUT2D eigenvalue weighted by molar-refractivity contribution is 6.07. The van der Waals surface area contributed by atoms with E-state index in [2.05, 4.69) is 23.1 Å². The van der Waals surface area contributed by atoms with Crippen LogP contribution in [0.25, 0.3) is 11.4 Å². The Balaban J connectivity index is 1.41. The number of fused-ring (bicyclic) bond motifs is 1. The van der Waals surface area contributed by atoms with Gasteiger partial charge in [0.05, 0.1) is 0 Å². The molecule has 5 nitrogen and oxygen atoms in total. The first kappa shape index (κ1) is 15.3. The van der Waals surface area contributed by atoms with Crippen molar-refractivity contribution < 1.29 is 9.32 Å². The van der Waals surface area contributed by atoms with E-state index in [0.717, 1.165) is 36.4 Å². The molecule has 1 fully saturated rings. The van der Waals surface area contributed by atoms with Crippen LogP contribution < -0.4 is 4.90 Å². The molecule has 1 amide bonds. The Labute approximate surface area is 151 Å². The Kier molecular flexibility index (Phi) is 3.42. The van der Waals surface area contributed by atoms with Crippen molar-refractivity contribution in [2.24, 2.45) is 0 Å². The van der Waals surface area contributed by atoms with E-state index in [4.69, 9.17) is 4.52 Å². The third-order valence-electron chi connectivity index (χ3n) is 5.18. The summed E-state index contributed by atoms with van der Waals surface area (Å²) in [6, 6.07) is 15.8. The minimum Gasteiger partial charge on any atom is -0.339 e. The normalized spacial score (nSPS) is 18.8. The molecular weight excluding hydrogens is 326 g/mol. The molecule has 1 aliphatic heterocycles. The van der Waals surface area contributed by atoms with Gasteiger partial charge >= 0.3 is 0 Å². The van der Waals surface area contributed by atoms with Crippen molar-refractivity contribution in [3.8, 4) is 11.4 Å². The van der Waals surface area contributed by atoms with Crippen LogP contribution in [0, 0.1) is 0 Å². The third kappa shape index (κ3) is 2.51. The second kappa shape index (κ2) is 5.80. The molecule has 1 saturated carbocycles. The first-order chi connectivity index (χ1) is 12.7. The zero-order valence-corrected chi connectivity index (χ0v) is 14.6. The molecule has 0 saturated heterocycles. The number of aromatic nitrogens is 2. The van der Waals surface area contributed by atoms with Gasteiger partial charge in [0.2, 0.25) is 11.7 Å². The van der Waals surface area contributed by atoms with Crippen molar-refractivity contribution in [2.75, 3.05) is 4.90 Å². The lowest BCUT2D eigenvalue weighted by Gasteiger charge is -2.22. The van der Waals surface area contributed by atoms with Gasteiger partial charge in [-0.1, -0.05) is 35.5 Å². The summed E-state index contributed by atoms with van der Waals surface area (Å²) in [6.07, 6.45) is 3.15. The van der Waals surface area contributed by atoms with Gasteiger partial charge in [-0.25, -0.2) is 0 Å². The molecule has 2 aromatic carbocycles. The molecule has 5 rings (SSSR count). The minimum absolute atomic E-state index is 0.0285. The summed E-state index contributed by atoms with van der Waals surface area (Å²) in [5, 5.41) is 4.06. The number of benzene rings is 2. The number of hydrogen-bond acceptors (Lipinski definition) is 4. The molecule has 2 heterocycles. The van der Waals surface area contributed by atoms with Crippen LogP contribution in [0.1, 0.15) is 47.5 Å². The van der Waals surface area contributed by atoms with E-state index in [1.807, 2.05) is 47.4 Å². The number of carbonyl (C=O) groups is 1. The maximum Gasteiger partial charge on any atom is 0.258 e. The predicted octanol–water partition coefficient (Wildman–Crippen LogP) is 4.21. The highest BCUT2D eigenvalue weighted by Gasteiger charge is 2.32. The molecule has 0 N–H and O–H groups in total. The summed E-state index contributed by atoms with van der Waals surface area (Å²) >= 11 is 0. The summed E-state index contributed by atoms with van der Waals surface area (Å²) in [4.78, 5) is 19.4. The molecule has 130 valence electrons. The number of hydrogen-bond donors (Lipinski definition) is 0. The Morgan fingerprint density at radius 2 is 1.88 bits per heavy atom. The van der Waals surface area contributed by atoms with Crippen molar-refractivity contribution in [1.82, 2.24) is 10.1 Å². The van der Waals surface area contributed by atoms with Gasteiger partial charge in [0.1, 0.15) is 0 Å². The first-order valence-corrected chi connectivity index (χ1v) is 9.06. The Morgan fingerprint density at radius 3 is 2.65 bits per heavy atom. The fourth-order valence-electron chi connectivity index (χ4n) is 3.62.